The Morgan fingerprint density at radius 1 is 1.62 bits per heavy atom. The largest absolute Gasteiger partial charge is 0.466 e. The van der Waals surface area contributed by atoms with E-state index >= 15 is 0 Å². The van der Waals surface area contributed by atoms with Gasteiger partial charge in [0.15, 0.2) is 0 Å². The summed E-state index contributed by atoms with van der Waals surface area (Å²) in [5, 5.41) is 0. The number of hydrogen-bond donors (Lipinski definition) is 0. The highest BCUT2D eigenvalue weighted by atomic mass is 16.5. The van der Waals surface area contributed by atoms with Gasteiger partial charge in [-0.1, -0.05) is 0 Å². The zero-order chi connectivity index (χ0) is 9.68. The van der Waals surface area contributed by atoms with E-state index in [1.165, 1.54) is 19.4 Å². The van der Waals surface area contributed by atoms with Crippen LogP contribution in [0, 0.1) is 0 Å². The van der Waals surface area contributed by atoms with E-state index in [0.717, 1.165) is 6.42 Å². The average molecular weight is 185 g/mol. The Labute approximate surface area is 80.1 Å². The Balaban J connectivity index is 2.14. The molecule has 1 atom stereocenters. The highest BCUT2D eigenvalue weighted by Crippen LogP contribution is 2.19. The van der Waals surface area contributed by atoms with Gasteiger partial charge in [0.2, 0.25) is 0 Å². The van der Waals surface area contributed by atoms with Crippen LogP contribution < -0.4 is 0 Å². The maximum atomic E-state index is 11.1. The summed E-state index contributed by atoms with van der Waals surface area (Å²) in [4.78, 5) is 13.4. The van der Waals surface area contributed by atoms with Crippen LogP contribution in [0.3, 0.4) is 0 Å². The van der Waals surface area contributed by atoms with Crippen molar-refractivity contribution in [3.63, 3.8) is 0 Å². The van der Waals surface area contributed by atoms with Gasteiger partial charge in [-0.3, -0.25) is 4.79 Å². The third-order valence-electron chi connectivity index (χ3n) is 2.66. The Morgan fingerprint density at radius 2 is 2.38 bits per heavy atom. The van der Waals surface area contributed by atoms with Crippen molar-refractivity contribution >= 4 is 5.97 Å². The van der Waals surface area contributed by atoms with Gasteiger partial charge in [0, 0.05) is 12.5 Å². The van der Waals surface area contributed by atoms with Gasteiger partial charge in [-0.25, -0.2) is 0 Å². The first-order chi connectivity index (χ1) is 6.24. The van der Waals surface area contributed by atoms with E-state index in [1.54, 1.807) is 0 Å². The van der Waals surface area contributed by atoms with E-state index in [-0.39, 0.29) is 5.97 Å². The van der Waals surface area contributed by atoms with E-state index in [2.05, 4.69) is 11.9 Å². The number of esters is 1. The molecule has 1 unspecified atom stereocenters. The minimum atomic E-state index is -0.0530. The van der Waals surface area contributed by atoms with Gasteiger partial charge >= 0.3 is 5.97 Å². The SMILES string of the molecule is CCOC(=O)CCC1CCCN1C. The number of carbonyl (C=O) groups excluding carboxylic acids is 1. The lowest BCUT2D eigenvalue weighted by atomic mass is 10.1. The summed E-state index contributed by atoms with van der Waals surface area (Å²) >= 11 is 0. The monoisotopic (exact) mass is 185 g/mol. The molecule has 1 fully saturated rings. The molecule has 0 N–H and O–H groups in total. The van der Waals surface area contributed by atoms with Gasteiger partial charge in [-0.15, -0.1) is 0 Å². The summed E-state index contributed by atoms with van der Waals surface area (Å²) in [6.45, 7) is 3.52. The molecule has 0 bridgehead atoms. The average Bonchev–Trinajstić information content (AvgIpc) is 2.48. The Hall–Kier alpha value is -0.570. The van der Waals surface area contributed by atoms with Crippen LogP contribution in [0.5, 0.6) is 0 Å². The molecule has 1 aliphatic heterocycles. The lowest BCUT2D eigenvalue weighted by Crippen LogP contribution is -2.25. The van der Waals surface area contributed by atoms with Crippen LogP contribution in [0.1, 0.15) is 32.6 Å². The van der Waals surface area contributed by atoms with Crippen LogP contribution in [0.4, 0.5) is 0 Å². The molecule has 0 aromatic rings. The van der Waals surface area contributed by atoms with E-state index in [4.69, 9.17) is 4.74 Å². The molecule has 0 radical (unpaired) electrons. The quantitative estimate of drug-likeness (QED) is 0.620. The molecule has 0 saturated carbocycles. The molecule has 1 aliphatic rings. The van der Waals surface area contributed by atoms with Crippen molar-refractivity contribution in [3.8, 4) is 0 Å². The van der Waals surface area contributed by atoms with Crippen molar-refractivity contribution in [1.82, 2.24) is 4.90 Å². The summed E-state index contributed by atoms with van der Waals surface area (Å²) in [7, 11) is 2.13. The van der Waals surface area contributed by atoms with E-state index < -0.39 is 0 Å². The van der Waals surface area contributed by atoms with Gasteiger partial charge in [0.1, 0.15) is 0 Å². The Bertz CT molecular complexity index is 170. The molecule has 76 valence electrons. The van der Waals surface area contributed by atoms with Crippen LogP contribution in [0.2, 0.25) is 0 Å². The lowest BCUT2D eigenvalue weighted by Gasteiger charge is -2.18. The smallest absolute Gasteiger partial charge is 0.305 e. The van der Waals surface area contributed by atoms with Gasteiger partial charge in [-0.05, 0) is 39.8 Å². The highest BCUT2D eigenvalue weighted by Gasteiger charge is 2.21. The molecule has 3 heteroatoms. The standard InChI is InChI=1S/C10H19NO2/c1-3-13-10(12)7-6-9-5-4-8-11(9)2/h9H,3-8H2,1-2H3. The maximum Gasteiger partial charge on any atom is 0.305 e. The predicted octanol–water partition coefficient (Wildman–Crippen LogP) is 1.42. The fourth-order valence-corrected chi connectivity index (χ4v) is 1.86. The summed E-state index contributed by atoms with van der Waals surface area (Å²) in [6.07, 6.45) is 4.03. The predicted molar refractivity (Wildman–Crippen MR) is 51.5 cm³/mol. The molecule has 1 rings (SSSR count). The molecule has 1 saturated heterocycles. The van der Waals surface area contributed by atoms with E-state index in [9.17, 15) is 4.79 Å². The third-order valence-corrected chi connectivity index (χ3v) is 2.66. The van der Waals surface area contributed by atoms with Crippen LogP contribution in [-0.2, 0) is 9.53 Å². The first-order valence-corrected chi connectivity index (χ1v) is 5.10. The van der Waals surface area contributed by atoms with Crippen LogP contribution >= 0.6 is 0 Å². The van der Waals surface area contributed by atoms with Gasteiger partial charge in [0.05, 0.1) is 6.61 Å². The number of likely N-dealkylation sites (tertiary alicyclic amines) is 1. The minimum absolute atomic E-state index is 0.0530. The van der Waals surface area contributed by atoms with Crippen molar-refractivity contribution < 1.29 is 9.53 Å². The number of hydrogen-bond acceptors (Lipinski definition) is 3. The fraction of sp³-hybridized carbons (Fsp3) is 0.900. The van der Waals surface area contributed by atoms with Crippen molar-refractivity contribution in [1.29, 1.82) is 0 Å². The molecule has 1 heterocycles. The van der Waals surface area contributed by atoms with Crippen molar-refractivity contribution in [3.05, 3.63) is 0 Å². The summed E-state index contributed by atoms with van der Waals surface area (Å²) < 4.78 is 4.88. The molecule has 0 aliphatic carbocycles. The summed E-state index contributed by atoms with van der Waals surface area (Å²) in [6, 6.07) is 0.601. The summed E-state index contributed by atoms with van der Waals surface area (Å²) in [5.74, 6) is -0.0530. The Kier molecular flexibility index (Phi) is 4.22. The number of carbonyl (C=O) groups is 1. The van der Waals surface area contributed by atoms with E-state index in [1.807, 2.05) is 6.92 Å². The number of ether oxygens (including phenoxy) is 1. The topological polar surface area (TPSA) is 29.5 Å². The van der Waals surface area contributed by atoms with Gasteiger partial charge in [-0.2, -0.15) is 0 Å². The fourth-order valence-electron chi connectivity index (χ4n) is 1.86. The van der Waals surface area contributed by atoms with Crippen LogP contribution in [0.25, 0.3) is 0 Å². The second-order valence-corrected chi connectivity index (χ2v) is 3.62. The zero-order valence-corrected chi connectivity index (χ0v) is 8.58. The van der Waals surface area contributed by atoms with Crippen molar-refractivity contribution in [2.75, 3.05) is 20.2 Å². The molecule has 0 amide bonds. The number of nitrogens with zero attached hydrogens (tertiary/aromatic N) is 1. The molecule has 0 aromatic carbocycles. The molecular weight excluding hydrogens is 166 g/mol. The highest BCUT2D eigenvalue weighted by molar-refractivity contribution is 5.69. The third kappa shape index (κ3) is 3.35. The van der Waals surface area contributed by atoms with E-state index in [0.29, 0.717) is 19.1 Å². The molecule has 0 spiro atoms. The lowest BCUT2D eigenvalue weighted by molar-refractivity contribution is -0.143. The van der Waals surface area contributed by atoms with Gasteiger partial charge < -0.3 is 9.64 Å². The normalized spacial score (nSPS) is 23.4. The molecule has 0 aromatic heterocycles. The maximum absolute atomic E-state index is 11.1. The second-order valence-electron chi connectivity index (χ2n) is 3.62. The number of rotatable bonds is 4. The van der Waals surface area contributed by atoms with Crippen LogP contribution in [-0.4, -0.2) is 37.1 Å². The minimum Gasteiger partial charge on any atom is -0.466 e. The van der Waals surface area contributed by atoms with Gasteiger partial charge in [0.25, 0.3) is 0 Å². The van der Waals surface area contributed by atoms with Crippen LogP contribution in [0.15, 0.2) is 0 Å². The summed E-state index contributed by atoms with van der Waals surface area (Å²) in [5.41, 5.74) is 0. The Morgan fingerprint density at radius 3 is 2.92 bits per heavy atom. The first-order valence-electron chi connectivity index (χ1n) is 5.10. The van der Waals surface area contributed by atoms with Crippen molar-refractivity contribution in [2.24, 2.45) is 0 Å². The first kappa shape index (κ1) is 10.5. The second kappa shape index (κ2) is 5.22. The molecular formula is C10H19NO2. The zero-order valence-electron chi connectivity index (χ0n) is 8.58. The molecule has 13 heavy (non-hydrogen) atoms. The molecule has 3 nitrogen and oxygen atoms in total. The van der Waals surface area contributed by atoms with Crippen molar-refractivity contribution in [2.45, 2.75) is 38.6 Å².